The Morgan fingerprint density at radius 1 is 1.16 bits per heavy atom. The third kappa shape index (κ3) is 2.31. The zero-order valence-corrected chi connectivity index (χ0v) is 11.5. The standard InChI is InChI=1S/C14H13ClN4/c1-9(2)10-7-12(15)18-14(17-10)11-8-19-6-4-3-5-13(19)16-11/h3-9H,1-2H3. The minimum atomic E-state index is 0.302. The Balaban J connectivity index is 2.15. The molecule has 4 nitrogen and oxygen atoms in total. The molecule has 0 atom stereocenters. The van der Waals surface area contributed by atoms with Crippen LogP contribution < -0.4 is 0 Å². The van der Waals surface area contributed by atoms with Gasteiger partial charge in [0.2, 0.25) is 0 Å². The second-order valence-corrected chi connectivity index (χ2v) is 5.07. The van der Waals surface area contributed by atoms with Gasteiger partial charge in [-0.2, -0.15) is 0 Å². The van der Waals surface area contributed by atoms with Gasteiger partial charge in [-0.3, -0.25) is 0 Å². The number of aromatic nitrogens is 4. The SMILES string of the molecule is CC(C)c1cc(Cl)nc(-c2cn3ccccc3n2)n1. The van der Waals surface area contributed by atoms with Crippen LogP contribution in [0.4, 0.5) is 0 Å². The molecule has 0 aliphatic carbocycles. The molecule has 19 heavy (non-hydrogen) atoms. The second kappa shape index (κ2) is 4.63. The van der Waals surface area contributed by atoms with Crippen molar-refractivity contribution >= 4 is 17.2 Å². The first-order chi connectivity index (χ1) is 9.13. The van der Waals surface area contributed by atoms with Crippen molar-refractivity contribution in [1.82, 2.24) is 19.4 Å². The van der Waals surface area contributed by atoms with Crippen molar-refractivity contribution < 1.29 is 0 Å². The summed E-state index contributed by atoms with van der Waals surface area (Å²) in [5.74, 6) is 0.871. The van der Waals surface area contributed by atoms with Crippen molar-refractivity contribution in [2.75, 3.05) is 0 Å². The number of imidazole rings is 1. The minimum Gasteiger partial charge on any atom is -0.306 e. The quantitative estimate of drug-likeness (QED) is 0.670. The van der Waals surface area contributed by atoms with Crippen LogP contribution in [0.2, 0.25) is 5.15 Å². The zero-order valence-electron chi connectivity index (χ0n) is 10.7. The summed E-state index contributed by atoms with van der Waals surface area (Å²) in [6.07, 6.45) is 3.85. The summed E-state index contributed by atoms with van der Waals surface area (Å²) in [6.45, 7) is 4.15. The average molecular weight is 273 g/mol. The van der Waals surface area contributed by atoms with E-state index in [1.807, 2.05) is 35.0 Å². The summed E-state index contributed by atoms with van der Waals surface area (Å²) in [7, 11) is 0. The van der Waals surface area contributed by atoms with Gasteiger partial charge in [0.15, 0.2) is 5.82 Å². The lowest BCUT2D eigenvalue weighted by Gasteiger charge is -2.05. The van der Waals surface area contributed by atoms with Gasteiger partial charge in [0.1, 0.15) is 16.5 Å². The topological polar surface area (TPSA) is 43.1 Å². The van der Waals surface area contributed by atoms with E-state index in [0.717, 1.165) is 17.0 Å². The van der Waals surface area contributed by atoms with Gasteiger partial charge in [-0.05, 0) is 24.1 Å². The molecule has 5 heteroatoms. The van der Waals surface area contributed by atoms with Crippen LogP contribution in [0, 0.1) is 0 Å². The molecule has 0 aromatic carbocycles. The Morgan fingerprint density at radius 2 is 2.00 bits per heavy atom. The molecule has 0 aliphatic heterocycles. The van der Waals surface area contributed by atoms with Crippen LogP contribution in [0.3, 0.4) is 0 Å². The lowest BCUT2D eigenvalue weighted by Crippen LogP contribution is -1.98. The summed E-state index contributed by atoms with van der Waals surface area (Å²) >= 11 is 6.06. The van der Waals surface area contributed by atoms with Crippen molar-refractivity contribution in [3.8, 4) is 11.5 Å². The van der Waals surface area contributed by atoms with Gasteiger partial charge in [-0.15, -0.1) is 0 Å². The molecule has 3 rings (SSSR count). The second-order valence-electron chi connectivity index (χ2n) is 4.69. The van der Waals surface area contributed by atoms with Gasteiger partial charge in [-0.1, -0.05) is 31.5 Å². The number of rotatable bonds is 2. The van der Waals surface area contributed by atoms with Crippen molar-refractivity contribution in [1.29, 1.82) is 0 Å². The fourth-order valence-corrected chi connectivity index (χ4v) is 2.08. The summed E-state index contributed by atoms with van der Waals surface area (Å²) in [5.41, 5.74) is 2.52. The lowest BCUT2D eigenvalue weighted by molar-refractivity contribution is 0.816. The predicted octanol–water partition coefficient (Wildman–Crippen LogP) is 3.57. The van der Waals surface area contributed by atoms with Crippen LogP contribution in [0.15, 0.2) is 36.7 Å². The van der Waals surface area contributed by atoms with Crippen LogP contribution in [0.1, 0.15) is 25.5 Å². The maximum atomic E-state index is 6.06. The minimum absolute atomic E-state index is 0.302. The third-order valence-corrected chi connectivity index (χ3v) is 3.09. The predicted molar refractivity (Wildman–Crippen MR) is 75.3 cm³/mol. The highest BCUT2D eigenvalue weighted by Crippen LogP contribution is 2.21. The van der Waals surface area contributed by atoms with E-state index in [1.54, 1.807) is 6.07 Å². The van der Waals surface area contributed by atoms with E-state index < -0.39 is 0 Å². The molecular weight excluding hydrogens is 260 g/mol. The van der Waals surface area contributed by atoms with E-state index >= 15 is 0 Å². The van der Waals surface area contributed by atoms with E-state index in [4.69, 9.17) is 11.6 Å². The van der Waals surface area contributed by atoms with E-state index in [2.05, 4.69) is 28.8 Å². The molecular formula is C14H13ClN4. The smallest absolute Gasteiger partial charge is 0.181 e. The maximum Gasteiger partial charge on any atom is 0.181 e. The maximum absolute atomic E-state index is 6.06. The number of pyridine rings is 1. The molecule has 0 spiro atoms. The van der Waals surface area contributed by atoms with Crippen molar-refractivity contribution in [3.63, 3.8) is 0 Å². The highest BCUT2D eigenvalue weighted by Gasteiger charge is 2.11. The van der Waals surface area contributed by atoms with Crippen molar-refractivity contribution in [2.45, 2.75) is 19.8 Å². The average Bonchev–Trinajstić information content (AvgIpc) is 2.81. The Morgan fingerprint density at radius 3 is 2.74 bits per heavy atom. The highest BCUT2D eigenvalue weighted by atomic mass is 35.5. The molecule has 96 valence electrons. The Bertz CT molecular complexity index is 700. The van der Waals surface area contributed by atoms with Crippen LogP contribution >= 0.6 is 11.6 Å². The van der Waals surface area contributed by atoms with Gasteiger partial charge < -0.3 is 4.40 Å². The van der Waals surface area contributed by atoms with Crippen LogP contribution in [-0.4, -0.2) is 19.4 Å². The van der Waals surface area contributed by atoms with E-state index in [9.17, 15) is 0 Å². The first-order valence-corrected chi connectivity index (χ1v) is 6.50. The van der Waals surface area contributed by atoms with E-state index in [0.29, 0.717) is 16.9 Å². The molecule has 0 N–H and O–H groups in total. The molecule has 0 fully saturated rings. The largest absolute Gasteiger partial charge is 0.306 e. The molecule has 3 aromatic rings. The first-order valence-electron chi connectivity index (χ1n) is 6.12. The molecule has 0 saturated carbocycles. The Labute approximate surface area is 116 Å². The lowest BCUT2D eigenvalue weighted by atomic mass is 10.1. The fraction of sp³-hybridized carbons (Fsp3) is 0.214. The first kappa shape index (κ1) is 12.1. The summed E-state index contributed by atoms with van der Waals surface area (Å²) in [4.78, 5) is 13.3. The van der Waals surface area contributed by atoms with Crippen LogP contribution in [0.5, 0.6) is 0 Å². The van der Waals surface area contributed by atoms with Gasteiger partial charge in [0, 0.05) is 18.1 Å². The van der Waals surface area contributed by atoms with Crippen molar-refractivity contribution in [3.05, 3.63) is 47.5 Å². The molecule has 0 saturated heterocycles. The summed E-state index contributed by atoms with van der Waals surface area (Å²) < 4.78 is 1.94. The number of hydrogen-bond acceptors (Lipinski definition) is 3. The molecule has 0 radical (unpaired) electrons. The molecule has 0 unspecified atom stereocenters. The zero-order chi connectivity index (χ0) is 13.4. The van der Waals surface area contributed by atoms with E-state index in [1.165, 1.54) is 0 Å². The van der Waals surface area contributed by atoms with Gasteiger partial charge >= 0.3 is 0 Å². The Hall–Kier alpha value is -1.94. The van der Waals surface area contributed by atoms with Gasteiger partial charge in [0.25, 0.3) is 0 Å². The third-order valence-electron chi connectivity index (χ3n) is 2.90. The van der Waals surface area contributed by atoms with Crippen molar-refractivity contribution in [2.24, 2.45) is 0 Å². The Kier molecular flexibility index (Phi) is 2.95. The summed E-state index contributed by atoms with van der Waals surface area (Å²) in [5, 5.41) is 0.450. The van der Waals surface area contributed by atoms with Crippen LogP contribution in [-0.2, 0) is 0 Å². The number of fused-ring (bicyclic) bond motifs is 1. The van der Waals surface area contributed by atoms with E-state index in [-0.39, 0.29) is 0 Å². The molecule has 0 amide bonds. The summed E-state index contributed by atoms with van der Waals surface area (Å²) in [6, 6.07) is 7.64. The monoisotopic (exact) mass is 272 g/mol. The number of hydrogen-bond donors (Lipinski definition) is 0. The molecule has 3 aromatic heterocycles. The molecule has 0 aliphatic rings. The highest BCUT2D eigenvalue weighted by molar-refractivity contribution is 6.29. The number of halogens is 1. The van der Waals surface area contributed by atoms with Gasteiger partial charge in [-0.25, -0.2) is 15.0 Å². The fourth-order valence-electron chi connectivity index (χ4n) is 1.89. The van der Waals surface area contributed by atoms with Gasteiger partial charge in [0.05, 0.1) is 0 Å². The molecule has 0 bridgehead atoms. The molecule has 3 heterocycles. The normalized spacial score (nSPS) is 11.4. The van der Waals surface area contributed by atoms with Crippen LogP contribution in [0.25, 0.3) is 17.2 Å². The number of nitrogens with zero attached hydrogens (tertiary/aromatic N) is 4.